The first-order valence-electron chi connectivity index (χ1n) is 9.57. The zero-order valence-corrected chi connectivity index (χ0v) is 17.8. The summed E-state index contributed by atoms with van der Waals surface area (Å²) in [5.41, 5.74) is 0.896. The molecule has 0 aliphatic carbocycles. The number of likely N-dealkylation sites (tertiary alicyclic amines) is 1. The molecule has 0 aromatic carbocycles. The van der Waals surface area contributed by atoms with E-state index in [1.807, 2.05) is 0 Å². The van der Waals surface area contributed by atoms with Gasteiger partial charge in [0.2, 0.25) is 0 Å². The topological polar surface area (TPSA) is 118 Å². The van der Waals surface area contributed by atoms with Crippen LogP contribution in [0.5, 0.6) is 0 Å². The highest BCUT2D eigenvalue weighted by molar-refractivity contribution is 7.99. The van der Waals surface area contributed by atoms with Gasteiger partial charge in [-0.05, 0) is 25.3 Å². The Morgan fingerprint density at radius 3 is 2.72 bits per heavy atom. The first kappa shape index (κ1) is 20.1. The number of aromatic amines is 1. The molecule has 156 valence electrons. The fourth-order valence-corrected chi connectivity index (χ4v) is 6.34. The molecule has 4 heterocycles. The number of sulfone groups is 1. The van der Waals surface area contributed by atoms with Crippen LogP contribution < -0.4 is 0 Å². The highest BCUT2D eigenvalue weighted by atomic mass is 32.2. The standard InChI is InChI=1S/C18H23N5O4S2/c1-22-16(12-4-7-29(26,27)11-12)20-21-18(22)28-10-15(24)13-8-14(19-9-13)17(25)23-5-2-3-6-23/h8-9,12,19H,2-7,10-11H2,1H3/t12-/m0/s1. The number of rotatable bonds is 6. The second-order valence-corrected chi connectivity index (χ2v) is 10.7. The number of amides is 1. The van der Waals surface area contributed by atoms with E-state index in [2.05, 4.69) is 15.2 Å². The third kappa shape index (κ3) is 4.25. The molecule has 0 unspecified atom stereocenters. The summed E-state index contributed by atoms with van der Waals surface area (Å²) < 4.78 is 25.2. The second-order valence-electron chi connectivity index (χ2n) is 7.51. The number of nitrogens with zero attached hydrogens (tertiary/aromatic N) is 4. The molecule has 2 fully saturated rings. The molecule has 0 saturated carbocycles. The maximum absolute atomic E-state index is 12.5. The lowest BCUT2D eigenvalue weighted by atomic mass is 10.1. The summed E-state index contributed by atoms with van der Waals surface area (Å²) >= 11 is 1.25. The molecule has 0 bridgehead atoms. The number of thioether (sulfide) groups is 1. The fourth-order valence-electron chi connectivity index (χ4n) is 3.79. The van der Waals surface area contributed by atoms with Gasteiger partial charge >= 0.3 is 0 Å². The zero-order valence-electron chi connectivity index (χ0n) is 16.1. The van der Waals surface area contributed by atoms with Gasteiger partial charge in [-0.3, -0.25) is 9.59 Å². The summed E-state index contributed by atoms with van der Waals surface area (Å²) in [7, 11) is -1.21. The van der Waals surface area contributed by atoms with Gasteiger partial charge in [0.25, 0.3) is 5.91 Å². The van der Waals surface area contributed by atoms with Gasteiger partial charge in [0.15, 0.2) is 20.8 Å². The Labute approximate surface area is 173 Å². The first-order valence-corrected chi connectivity index (χ1v) is 12.4. The zero-order chi connectivity index (χ0) is 20.6. The van der Waals surface area contributed by atoms with E-state index < -0.39 is 9.84 Å². The smallest absolute Gasteiger partial charge is 0.270 e. The minimum atomic E-state index is -3.00. The van der Waals surface area contributed by atoms with E-state index in [1.54, 1.807) is 28.8 Å². The number of H-pyrrole nitrogens is 1. The van der Waals surface area contributed by atoms with Crippen LogP contribution in [0.25, 0.3) is 0 Å². The van der Waals surface area contributed by atoms with E-state index in [0.29, 0.717) is 28.7 Å². The molecule has 4 rings (SSSR count). The molecule has 2 aliphatic heterocycles. The summed E-state index contributed by atoms with van der Waals surface area (Å²) in [5.74, 6) is 0.743. The van der Waals surface area contributed by atoms with Gasteiger partial charge in [0, 0.05) is 37.8 Å². The molecule has 0 spiro atoms. The Hall–Kier alpha value is -2.14. The monoisotopic (exact) mass is 437 g/mol. The van der Waals surface area contributed by atoms with Crippen molar-refractivity contribution in [1.82, 2.24) is 24.6 Å². The van der Waals surface area contributed by atoms with Crippen molar-refractivity contribution in [2.24, 2.45) is 7.05 Å². The van der Waals surface area contributed by atoms with Gasteiger partial charge in [-0.15, -0.1) is 10.2 Å². The van der Waals surface area contributed by atoms with E-state index in [0.717, 1.165) is 25.9 Å². The van der Waals surface area contributed by atoms with E-state index in [-0.39, 0.29) is 34.9 Å². The van der Waals surface area contributed by atoms with Gasteiger partial charge in [-0.2, -0.15) is 0 Å². The highest BCUT2D eigenvalue weighted by Crippen LogP contribution is 2.29. The molecule has 29 heavy (non-hydrogen) atoms. The van der Waals surface area contributed by atoms with Crippen LogP contribution in [0.15, 0.2) is 17.4 Å². The lowest BCUT2D eigenvalue weighted by molar-refractivity contribution is 0.0787. The fraction of sp³-hybridized carbons (Fsp3) is 0.556. The van der Waals surface area contributed by atoms with E-state index in [9.17, 15) is 18.0 Å². The lowest BCUT2D eigenvalue weighted by Crippen LogP contribution is -2.27. The van der Waals surface area contributed by atoms with Gasteiger partial charge in [-0.25, -0.2) is 8.42 Å². The number of ketones is 1. The number of carbonyl (C=O) groups is 2. The van der Waals surface area contributed by atoms with Crippen molar-refractivity contribution >= 4 is 33.3 Å². The third-order valence-electron chi connectivity index (χ3n) is 5.43. The Balaban J connectivity index is 1.37. The van der Waals surface area contributed by atoms with Crippen LogP contribution in [0.4, 0.5) is 0 Å². The maximum atomic E-state index is 12.5. The van der Waals surface area contributed by atoms with Crippen molar-refractivity contribution in [3.05, 3.63) is 29.3 Å². The van der Waals surface area contributed by atoms with Gasteiger partial charge in [0.05, 0.1) is 17.3 Å². The van der Waals surface area contributed by atoms with Crippen LogP contribution in [0, 0.1) is 0 Å². The van der Waals surface area contributed by atoms with Crippen LogP contribution in [0.3, 0.4) is 0 Å². The predicted octanol–water partition coefficient (Wildman–Crippen LogP) is 1.26. The second kappa shape index (κ2) is 7.94. The number of aromatic nitrogens is 4. The van der Waals surface area contributed by atoms with Crippen LogP contribution >= 0.6 is 11.8 Å². The van der Waals surface area contributed by atoms with Gasteiger partial charge in [-0.1, -0.05) is 11.8 Å². The van der Waals surface area contributed by atoms with Crippen LogP contribution in [-0.4, -0.2) is 75.1 Å². The van der Waals surface area contributed by atoms with Crippen molar-refractivity contribution in [3.63, 3.8) is 0 Å². The van der Waals surface area contributed by atoms with Crippen LogP contribution in [-0.2, 0) is 16.9 Å². The van der Waals surface area contributed by atoms with Crippen molar-refractivity contribution < 1.29 is 18.0 Å². The number of nitrogens with one attached hydrogen (secondary N) is 1. The minimum absolute atomic E-state index is 0.0707. The molecule has 11 heteroatoms. The molecule has 1 amide bonds. The number of Topliss-reactive ketones (excluding diaryl/α,β-unsaturated/α-hetero) is 1. The van der Waals surface area contributed by atoms with Crippen molar-refractivity contribution in [3.8, 4) is 0 Å². The Morgan fingerprint density at radius 2 is 2.03 bits per heavy atom. The quantitative estimate of drug-likeness (QED) is 0.534. The Morgan fingerprint density at radius 1 is 1.28 bits per heavy atom. The summed E-state index contributed by atoms with van der Waals surface area (Å²) in [6, 6.07) is 1.61. The molecule has 2 aromatic heterocycles. The SMILES string of the molecule is Cn1c(SCC(=O)c2c[nH]c(C(=O)N3CCCC3)c2)nnc1[C@H]1CCS(=O)(=O)C1. The van der Waals surface area contributed by atoms with Crippen molar-refractivity contribution in [1.29, 1.82) is 0 Å². The first-order chi connectivity index (χ1) is 13.8. The largest absolute Gasteiger partial charge is 0.356 e. The van der Waals surface area contributed by atoms with E-state index in [4.69, 9.17) is 0 Å². The molecule has 1 N–H and O–H groups in total. The molecule has 2 aliphatic rings. The predicted molar refractivity (Wildman–Crippen MR) is 108 cm³/mol. The summed E-state index contributed by atoms with van der Waals surface area (Å²) in [4.78, 5) is 29.6. The molecule has 0 radical (unpaired) electrons. The Kier molecular flexibility index (Phi) is 5.52. The number of hydrogen-bond acceptors (Lipinski definition) is 7. The molecular weight excluding hydrogens is 414 g/mol. The van der Waals surface area contributed by atoms with Gasteiger partial charge in [0.1, 0.15) is 11.5 Å². The number of hydrogen-bond donors (Lipinski definition) is 1. The minimum Gasteiger partial charge on any atom is -0.356 e. The molecule has 9 nitrogen and oxygen atoms in total. The summed E-state index contributed by atoms with van der Waals surface area (Å²) in [6.07, 6.45) is 4.15. The van der Waals surface area contributed by atoms with E-state index in [1.165, 1.54) is 11.8 Å². The van der Waals surface area contributed by atoms with E-state index >= 15 is 0 Å². The Bertz CT molecular complexity index is 1040. The van der Waals surface area contributed by atoms with Crippen LogP contribution in [0.2, 0.25) is 0 Å². The van der Waals surface area contributed by atoms with Crippen molar-refractivity contribution in [2.75, 3.05) is 30.3 Å². The van der Waals surface area contributed by atoms with Crippen LogP contribution in [0.1, 0.15) is 51.9 Å². The summed E-state index contributed by atoms with van der Waals surface area (Å²) in [5, 5.41) is 8.84. The van der Waals surface area contributed by atoms with Crippen molar-refractivity contribution in [2.45, 2.75) is 30.3 Å². The normalized spacial score (nSPS) is 21.0. The van der Waals surface area contributed by atoms with Gasteiger partial charge < -0.3 is 14.5 Å². The molecule has 2 aromatic rings. The molecular formula is C18H23N5O4S2. The summed E-state index contributed by atoms with van der Waals surface area (Å²) in [6.45, 7) is 1.52. The molecule has 1 atom stereocenters. The molecule has 2 saturated heterocycles. The number of carbonyl (C=O) groups excluding carboxylic acids is 2. The lowest BCUT2D eigenvalue weighted by Gasteiger charge is -2.13. The average Bonchev–Trinajstić information content (AvgIpc) is 3.47. The maximum Gasteiger partial charge on any atom is 0.270 e. The third-order valence-corrected chi connectivity index (χ3v) is 8.22. The highest BCUT2D eigenvalue weighted by Gasteiger charge is 2.32. The average molecular weight is 438 g/mol.